The Morgan fingerprint density at radius 2 is 1.74 bits per heavy atom. The molecule has 8 heteroatoms. The number of aromatic nitrogens is 5. The Morgan fingerprint density at radius 1 is 0.971 bits per heavy atom. The fourth-order valence-electron chi connectivity index (χ4n) is 5.52. The number of morpholine rings is 1. The summed E-state index contributed by atoms with van der Waals surface area (Å²) in [7, 11) is 0. The quantitative estimate of drug-likeness (QED) is 0.441. The molecular formula is C26H31N7O. The molecule has 1 saturated heterocycles. The molecule has 0 unspecified atom stereocenters. The Morgan fingerprint density at radius 3 is 2.56 bits per heavy atom. The number of hydrogen-bond acceptors (Lipinski definition) is 6. The van der Waals surface area contributed by atoms with E-state index in [0.29, 0.717) is 0 Å². The maximum atomic E-state index is 5.48. The number of para-hydroxylation sites is 1. The van der Waals surface area contributed by atoms with Crippen LogP contribution in [0, 0.1) is 0 Å². The highest BCUT2D eigenvalue weighted by Crippen LogP contribution is 2.38. The summed E-state index contributed by atoms with van der Waals surface area (Å²) in [6.45, 7) is 4.31. The highest BCUT2D eigenvalue weighted by Gasteiger charge is 2.40. The van der Waals surface area contributed by atoms with Crippen molar-refractivity contribution in [2.45, 2.75) is 37.6 Å². The molecule has 2 N–H and O–H groups in total. The molecule has 176 valence electrons. The van der Waals surface area contributed by atoms with Gasteiger partial charge in [0.25, 0.3) is 0 Å². The minimum atomic E-state index is -0.196. The van der Waals surface area contributed by atoms with E-state index in [9.17, 15) is 0 Å². The fraction of sp³-hybridized carbons (Fsp3) is 0.423. The van der Waals surface area contributed by atoms with E-state index in [1.165, 1.54) is 35.0 Å². The van der Waals surface area contributed by atoms with Crippen LogP contribution in [0.3, 0.4) is 0 Å². The summed E-state index contributed by atoms with van der Waals surface area (Å²) >= 11 is 0. The number of tetrazole rings is 1. The lowest BCUT2D eigenvalue weighted by molar-refractivity contribution is 0.122. The zero-order chi connectivity index (χ0) is 22.8. The topological polar surface area (TPSA) is 83.9 Å². The van der Waals surface area contributed by atoms with Crippen LogP contribution in [0.1, 0.15) is 37.1 Å². The molecule has 1 saturated carbocycles. The second kappa shape index (κ2) is 9.19. The molecule has 1 aliphatic heterocycles. The molecule has 0 bridgehead atoms. The van der Waals surface area contributed by atoms with Crippen molar-refractivity contribution >= 4 is 16.6 Å². The standard InChI is InChI=1S/C26H31N7O/c1-2-6-24-23(5-1)20(19-27-24)11-14-28-26(12-3-4-13-26)25-29-30-31-33(25)22-9-7-21(8-10-22)32-15-17-34-18-16-32/h1-2,5-10,19,27-28H,3-4,11-18H2. The number of fused-ring (bicyclic) bond motifs is 1. The molecule has 0 radical (unpaired) electrons. The number of nitrogens with one attached hydrogen (secondary N) is 2. The van der Waals surface area contributed by atoms with E-state index in [1.807, 2.05) is 4.68 Å². The van der Waals surface area contributed by atoms with E-state index in [-0.39, 0.29) is 5.54 Å². The van der Waals surface area contributed by atoms with Gasteiger partial charge in [0.15, 0.2) is 5.82 Å². The predicted octanol–water partition coefficient (Wildman–Crippen LogP) is 3.58. The number of benzene rings is 2. The molecule has 34 heavy (non-hydrogen) atoms. The molecule has 1 aliphatic carbocycles. The molecule has 6 rings (SSSR count). The van der Waals surface area contributed by atoms with E-state index in [2.05, 4.69) is 85.5 Å². The monoisotopic (exact) mass is 457 g/mol. The minimum absolute atomic E-state index is 0.196. The van der Waals surface area contributed by atoms with Gasteiger partial charge in [-0.2, -0.15) is 4.68 Å². The van der Waals surface area contributed by atoms with Crippen LogP contribution < -0.4 is 10.2 Å². The smallest absolute Gasteiger partial charge is 0.176 e. The molecule has 8 nitrogen and oxygen atoms in total. The van der Waals surface area contributed by atoms with Crippen LogP contribution in [-0.2, 0) is 16.7 Å². The first-order chi connectivity index (χ1) is 16.8. The lowest BCUT2D eigenvalue weighted by atomic mass is 9.95. The fourth-order valence-corrected chi connectivity index (χ4v) is 5.52. The number of ether oxygens (including phenoxy) is 1. The van der Waals surface area contributed by atoms with Crippen LogP contribution in [0.15, 0.2) is 54.7 Å². The minimum Gasteiger partial charge on any atom is -0.378 e. The third kappa shape index (κ3) is 3.97. The van der Waals surface area contributed by atoms with Gasteiger partial charge in [0.05, 0.1) is 24.4 Å². The molecule has 2 aliphatic rings. The average Bonchev–Trinajstić information content (AvgIpc) is 3.65. The SMILES string of the molecule is c1ccc2c(CCNC3(c4nnnn4-c4ccc(N5CCOCC5)cc4)CCCC3)c[nH]c2c1. The van der Waals surface area contributed by atoms with Gasteiger partial charge in [-0.05, 0) is 65.6 Å². The highest BCUT2D eigenvalue weighted by molar-refractivity contribution is 5.83. The lowest BCUT2D eigenvalue weighted by Crippen LogP contribution is -2.43. The molecular weight excluding hydrogens is 426 g/mol. The van der Waals surface area contributed by atoms with E-state index in [4.69, 9.17) is 4.74 Å². The van der Waals surface area contributed by atoms with Gasteiger partial charge in [0.1, 0.15) is 0 Å². The zero-order valence-electron chi connectivity index (χ0n) is 19.4. The molecule has 4 aromatic rings. The van der Waals surface area contributed by atoms with Crippen molar-refractivity contribution in [2.24, 2.45) is 0 Å². The normalized spacial score (nSPS) is 18.1. The molecule has 2 aromatic carbocycles. The zero-order valence-corrected chi connectivity index (χ0v) is 19.4. The van der Waals surface area contributed by atoms with Gasteiger partial charge in [-0.1, -0.05) is 31.0 Å². The average molecular weight is 458 g/mol. The Balaban J connectivity index is 1.21. The number of nitrogens with zero attached hydrogens (tertiary/aromatic N) is 5. The first-order valence-electron chi connectivity index (χ1n) is 12.3. The van der Waals surface area contributed by atoms with Crippen LogP contribution in [0.25, 0.3) is 16.6 Å². The van der Waals surface area contributed by atoms with Crippen molar-refractivity contribution in [1.82, 2.24) is 30.5 Å². The van der Waals surface area contributed by atoms with E-state index in [1.54, 1.807) is 0 Å². The second-order valence-electron chi connectivity index (χ2n) is 9.36. The summed E-state index contributed by atoms with van der Waals surface area (Å²) in [6, 6.07) is 17.1. The Bertz CT molecular complexity index is 1230. The van der Waals surface area contributed by atoms with Crippen molar-refractivity contribution in [1.29, 1.82) is 0 Å². The maximum Gasteiger partial charge on any atom is 0.176 e. The Labute approximate surface area is 199 Å². The summed E-state index contributed by atoms with van der Waals surface area (Å²) < 4.78 is 7.41. The van der Waals surface area contributed by atoms with Gasteiger partial charge in [0.2, 0.25) is 0 Å². The van der Waals surface area contributed by atoms with Crippen LogP contribution in [0.2, 0.25) is 0 Å². The van der Waals surface area contributed by atoms with Crippen molar-refractivity contribution < 1.29 is 4.74 Å². The number of H-pyrrole nitrogens is 1. The van der Waals surface area contributed by atoms with E-state index in [0.717, 1.165) is 63.6 Å². The molecule has 0 spiro atoms. The van der Waals surface area contributed by atoms with Gasteiger partial charge >= 0.3 is 0 Å². The molecule has 0 atom stereocenters. The van der Waals surface area contributed by atoms with Crippen molar-refractivity contribution in [2.75, 3.05) is 37.7 Å². The predicted molar refractivity (Wildman–Crippen MR) is 132 cm³/mol. The van der Waals surface area contributed by atoms with Crippen molar-refractivity contribution in [3.05, 3.63) is 66.1 Å². The first-order valence-corrected chi connectivity index (χ1v) is 12.3. The van der Waals surface area contributed by atoms with Crippen LogP contribution in [-0.4, -0.2) is 58.0 Å². The summed E-state index contributed by atoms with van der Waals surface area (Å²) in [6.07, 6.45) is 7.56. The second-order valence-corrected chi connectivity index (χ2v) is 9.36. The van der Waals surface area contributed by atoms with Crippen LogP contribution >= 0.6 is 0 Å². The number of anilines is 1. The largest absolute Gasteiger partial charge is 0.378 e. The maximum absolute atomic E-state index is 5.48. The number of hydrogen-bond donors (Lipinski definition) is 2. The number of aromatic amines is 1. The van der Waals surface area contributed by atoms with Crippen molar-refractivity contribution in [3.63, 3.8) is 0 Å². The van der Waals surface area contributed by atoms with E-state index < -0.39 is 0 Å². The lowest BCUT2D eigenvalue weighted by Gasteiger charge is -2.30. The van der Waals surface area contributed by atoms with Crippen LogP contribution in [0.5, 0.6) is 0 Å². The van der Waals surface area contributed by atoms with Crippen LogP contribution in [0.4, 0.5) is 5.69 Å². The number of rotatable bonds is 7. The van der Waals surface area contributed by atoms with Gasteiger partial charge in [-0.3, -0.25) is 0 Å². The first kappa shape index (κ1) is 21.3. The summed E-state index contributed by atoms with van der Waals surface area (Å²) in [5, 5.41) is 18.2. The molecule has 2 aromatic heterocycles. The Hall–Kier alpha value is -3.23. The summed E-state index contributed by atoms with van der Waals surface area (Å²) in [4.78, 5) is 5.75. The summed E-state index contributed by atoms with van der Waals surface area (Å²) in [5.74, 6) is 0.919. The third-order valence-electron chi connectivity index (χ3n) is 7.36. The van der Waals surface area contributed by atoms with Gasteiger partial charge in [0, 0.05) is 42.4 Å². The van der Waals surface area contributed by atoms with Gasteiger partial charge < -0.3 is 19.9 Å². The van der Waals surface area contributed by atoms with Crippen molar-refractivity contribution in [3.8, 4) is 5.69 Å². The molecule has 0 amide bonds. The molecule has 3 heterocycles. The van der Waals surface area contributed by atoms with E-state index >= 15 is 0 Å². The molecule has 2 fully saturated rings. The highest BCUT2D eigenvalue weighted by atomic mass is 16.5. The third-order valence-corrected chi connectivity index (χ3v) is 7.36. The summed E-state index contributed by atoms with van der Waals surface area (Å²) in [5.41, 5.74) is 4.56. The van der Waals surface area contributed by atoms with Gasteiger partial charge in [-0.25, -0.2) is 0 Å². The Kier molecular flexibility index (Phi) is 5.76. The van der Waals surface area contributed by atoms with Gasteiger partial charge in [-0.15, -0.1) is 5.10 Å².